The smallest absolute Gasteiger partial charge is 0.226 e. The van der Waals surface area contributed by atoms with Crippen molar-refractivity contribution in [1.29, 1.82) is 0 Å². The number of benzene rings is 1. The van der Waals surface area contributed by atoms with Crippen LogP contribution in [-0.2, 0) is 9.59 Å². The van der Waals surface area contributed by atoms with Crippen LogP contribution in [0.5, 0.6) is 5.75 Å². The van der Waals surface area contributed by atoms with Gasteiger partial charge in [-0.25, -0.2) is 0 Å². The second-order valence-electron chi connectivity index (χ2n) is 8.25. The Morgan fingerprint density at radius 1 is 1.03 bits per heavy atom. The van der Waals surface area contributed by atoms with Gasteiger partial charge in [0, 0.05) is 38.2 Å². The Morgan fingerprint density at radius 2 is 1.73 bits per heavy atom. The molecule has 6 nitrogen and oxygen atoms in total. The third kappa shape index (κ3) is 4.32. The minimum atomic E-state index is -0.268. The van der Waals surface area contributed by atoms with E-state index in [0.717, 1.165) is 42.7 Å². The Kier molecular flexibility index (Phi) is 6.02. The van der Waals surface area contributed by atoms with Crippen LogP contribution < -0.4 is 4.74 Å². The minimum Gasteiger partial charge on any atom is -0.497 e. The largest absolute Gasteiger partial charge is 0.497 e. The van der Waals surface area contributed by atoms with E-state index < -0.39 is 0 Å². The van der Waals surface area contributed by atoms with Gasteiger partial charge in [0.2, 0.25) is 11.8 Å². The molecule has 1 saturated carbocycles. The lowest BCUT2D eigenvalue weighted by molar-refractivity contribution is -0.141. The molecule has 1 atom stereocenters. The van der Waals surface area contributed by atoms with Crippen LogP contribution in [0.2, 0.25) is 0 Å². The molecule has 2 aromatic rings. The molecule has 1 saturated heterocycles. The summed E-state index contributed by atoms with van der Waals surface area (Å²) in [4.78, 5) is 34.0. The first-order chi connectivity index (χ1) is 14.6. The molecule has 2 fully saturated rings. The van der Waals surface area contributed by atoms with Gasteiger partial charge in [-0.2, -0.15) is 0 Å². The SMILES string of the molecule is COc1ccc(C(c2ccccn2)N(C)C(=O)C2CCN(C(=O)C3CC3)CC2)cc1. The van der Waals surface area contributed by atoms with Crippen molar-refractivity contribution in [2.45, 2.75) is 31.7 Å². The van der Waals surface area contributed by atoms with Crippen molar-refractivity contribution >= 4 is 11.8 Å². The van der Waals surface area contributed by atoms with Gasteiger partial charge in [0.25, 0.3) is 0 Å². The highest BCUT2D eigenvalue weighted by atomic mass is 16.5. The van der Waals surface area contributed by atoms with Gasteiger partial charge >= 0.3 is 0 Å². The lowest BCUT2D eigenvalue weighted by Gasteiger charge is -2.36. The molecule has 30 heavy (non-hydrogen) atoms. The summed E-state index contributed by atoms with van der Waals surface area (Å²) in [5.74, 6) is 1.34. The van der Waals surface area contributed by atoms with Gasteiger partial charge in [-0.15, -0.1) is 0 Å². The quantitative estimate of drug-likeness (QED) is 0.737. The van der Waals surface area contributed by atoms with Crippen molar-refractivity contribution in [3.8, 4) is 5.75 Å². The number of hydrogen-bond donors (Lipinski definition) is 0. The van der Waals surface area contributed by atoms with Gasteiger partial charge in [-0.3, -0.25) is 14.6 Å². The van der Waals surface area contributed by atoms with E-state index >= 15 is 0 Å². The van der Waals surface area contributed by atoms with Gasteiger partial charge in [-0.05, 0) is 55.5 Å². The van der Waals surface area contributed by atoms with E-state index in [-0.39, 0.29) is 29.7 Å². The zero-order valence-electron chi connectivity index (χ0n) is 17.7. The first-order valence-electron chi connectivity index (χ1n) is 10.7. The number of piperidine rings is 1. The summed E-state index contributed by atoms with van der Waals surface area (Å²) in [6.45, 7) is 1.35. The van der Waals surface area contributed by atoms with E-state index in [2.05, 4.69) is 4.98 Å². The molecule has 0 spiro atoms. The number of hydrogen-bond acceptors (Lipinski definition) is 4. The number of carbonyl (C=O) groups is 2. The van der Waals surface area contributed by atoms with Crippen LogP contribution in [0.25, 0.3) is 0 Å². The topological polar surface area (TPSA) is 62.7 Å². The molecule has 0 N–H and O–H groups in total. The highest BCUT2D eigenvalue weighted by molar-refractivity contribution is 5.82. The van der Waals surface area contributed by atoms with E-state index in [1.165, 1.54) is 0 Å². The second kappa shape index (κ2) is 8.86. The summed E-state index contributed by atoms with van der Waals surface area (Å²) in [6, 6.07) is 13.3. The average Bonchev–Trinajstić information content (AvgIpc) is 3.65. The number of carbonyl (C=O) groups excluding carboxylic acids is 2. The van der Waals surface area contributed by atoms with Crippen molar-refractivity contribution < 1.29 is 14.3 Å². The number of likely N-dealkylation sites (tertiary alicyclic amines) is 1. The molecule has 0 bridgehead atoms. The third-order valence-corrected chi connectivity index (χ3v) is 6.22. The van der Waals surface area contributed by atoms with E-state index in [0.29, 0.717) is 13.1 Å². The summed E-state index contributed by atoms with van der Waals surface area (Å²) < 4.78 is 5.28. The molecule has 1 aliphatic heterocycles. The van der Waals surface area contributed by atoms with Crippen LogP contribution in [-0.4, -0.2) is 53.8 Å². The van der Waals surface area contributed by atoms with Crippen LogP contribution in [0.15, 0.2) is 48.7 Å². The van der Waals surface area contributed by atoms with E-state index in [1.54, 1.807) is 13.3 Å². The normalized spacial score (nSPS) is 18.0. The summed E-state index contributed by atoms with van der Waals surface area (Å²) in [7, 11) is 3.49. The Hall–Kier alpha value is -2.89. The second-order valence-corrected chi connectivity index (χ2v) is 8.25. The zero-order chi connectivity index (χ0) is 21.1. The predicted octanol–water partition coefficient (Wildman–Crippen LogP) is 3.29. The van der Waals surface area contributed by atoms with Crippen molar-refractivity contribution in [3.05, 3.63) is 59.9 Å². The van der Waals surface area contributed by atoms with Crippen LogP contribution in [0.4, 0.5) is 0 Å². The monoisotopic (exact) mass is 407 g/mol. The number of methoxy groups -OCH3 is 1. The van der Waals surface area contributed by atoms with Crippen molar-refractivity contribution in [2.24, 2.45) is 11.8 Å². The van der Waals surface area contributed by atoms with E-state index in [1.807, 2.05) is 59.3 Å². The fourth-order valence-corrected chi connectivity index (χ4v) is 4.27. The molecule has 158 valence electrons. The van der Waals surface area contributed by atoms with Crippen molar-refractivity contribution in [2.75, 3.05) is 27.2 Å². The Morgan fingerprint density at radius 3 is 2.30 bits per heavy atom. The molecule has 1 aromatic heterocycles. The lowest BCUT2D eigenvalue weighted by atomic mass is 9.93. The lowest BCUT2D eigenvalue weighted by Crippen LogP contribution is -2.45. The number of amides is 2. The van der Waals surface area contributed by atoms with Gasteiger partial charge in [0.1, 0.15) is 5.75 Å². The first-order valence-corrected chi connectivity index (χ1v) is 10.7. The highest BCUT2D eigenvalue weighted by Gasteiger charge is 2.37. The average molecular weight is 408 g/mol. The van der Waals surface area contributed by atoms with Crippen molar-refractivity contribution in [1.82, 2.24) is 14.8 Å². The Balaban J connectivity index is 1.50. The number of ether oxygens (including phenoxy) is 1. The van der Waals surface area contributed by atoms with Crippen LogP contribution in [0.3, 0.4) is 0 Å². The van der Waals surface area contributed by atoms with Crippen molar-refractivity contribution in [3.63, 3.8) is 0 Å². The van der Waals surface area contributed by atoms with Crippen LogP contribution >= 0.6 is 0 Å². The molecule has 1 aromatic carbocycles. The summed E-state index contributed by atoms with van der Waals surface area (Å²) in [6.07, 6.45) is 5.24. The number of rotatable bonds is 6. The zero-order valence-corrected chi connectivity index (χ0v) is 17.7. The molecular formula is C24H29N3O3. The predicted molar refractivity (Wildman–Crippen MR) is 114 cm³/mol. The van der Waals surface area contributed by atoms with Gasteiger partial charge in [-0.1, -0.05) is 18.2 Å². The number of aromatic nitrogens is 1. The molecule has 6 heteroatoms. The van der Waals surface area contributed by atoms with Gasteiger partial charge in [0.15, 0.2) is 0 Å². The first kappa shape index (κ1) is 20.4. The minimum absolute atomic E-state index is 0.0669. The van der Waals surface area contributed by atoms with E-state index in [4.69, 9.17) is 4.74 Å². The molecule has 2 amide bonds. The molecule has 1 unspecified atom stereocenters. The van der Waals surface area contributed by atoms with E-state index in [9.17, 15) is 9.59 Å². The molecule has 0 radical (unpaired) electrons. The standard InChI is InChI=1S/C24H29N3O3/c1-26(23(28)19-12-15-27(16-13-19)24(29)18-6-7-18)22(21-5-3-4-14-25-21)17-8-10-20(30-2)11-9-17/h3-5,8-11,14,18-19,22H,6-7,12-13,15-16H2,1-2H3. The maximum absolute atomic E-state index is 13.4. The third-order valence-electron chi connectivity index (χ3n) is 6.22. The maximum atomic E-state index is 13.4. The van der Waals surface area contributed by atoms with Crippen LogP contribution in [0, 0.1) is 11.8 Å². The maximum Gasteiger partial charge on any atom is 0.226 e. The summed E-state index contributed by atoms with van der Waals surface area (Å²) in [5.41, 5.74) is 1.83. The number of pyridine rings is 1. The number of nitrogens with zero attached hydrogens (tertiary/aromatic N) is 3. The Bertz CT molecular complexity index is 872. The van der Waals surface area contributed by atoms with Crippen LogP contribution in [0.1, 0.15) is 43.0 Å². The summed E-state index contributed by atoms with van der Waals surface area (Å²) >= 11 is 0. The molecule has 1 aliphatic carbocycles. The fourth-order valence-electron chi connectivity index (χ4n) is 4.27. The highest BCUT2D eigenvalue weighted by Crippen LogP contribution is 2.34. The van der Waals surface area contributed by atoms with Gasteiger partial charge < -0.3 is 14.5 Å². The Labute approximate surface area is 177 Å². The fraction of sp³-hybridized carbons (Fsp3) is 0.458. The molecule has 4 rings (SSSR count). The molecular weight excluding hydrogens is 378 g/mol. The summed E-state index contributed by atoms with van der Waals surface area (Å²) in [5, 5.41) is 0. The molecule has 2 heterocycles. The molecule has 2 aliphatic rings. The van der Waals surface area contributed by atoms with Gasteiger partial charge in [0.05, 0.1) is 18.8 Å².